The maximum atomic E-state index is 12.5. The fraction of sp³-hybridized carbons (Fsp3) is 0.643. The molecule has 5 nitrogen and oxygen atoms in total. The third-order valence-electron chi connectivity index (χ3n) is 3.44. The lowest BCUT2D eigenvalue weighted by Crippen LogP contribution is -2.37. The highest BCUT2D eigenvalue weighted by atomic mass is 32.1. The van der Waals surface area contributed by atoms with Gasteiger partial charge in [0.25, 0.3) is 5.91 Å². The molecule has 110 valence electrons. The van der Waals surface area contributed by atoms with Crippen LogP contribution in [0.3, 0.4) is 0 Å². The van der Waals surface area contributed by atoms with Crippen LogP contribution in [0, 0.1) is 5.41 Å². The summed E-state index contributed by atoms with van der Waals surface area (Å²) in [6, 6.07) is 0. The van der Waals surface area contributed by atoms with Gasteiger partial charge in [-0.2, -0.15) is 0 Å². The van der Waals surface area contributed by atoms with E-state index < -0.39 is 0 Å². The zero-order chi connectivity index (χ0) is 14.9. The fourth-order valence-electron chi connectivity index (χ4n) is 2.57. The van der Waals surface area contributed by atoms with E-state index >= 15 is 0 Å². The molecular weight excluding hydrogens is 276 g/mol. The van der Waals surface area contributed by atoms with E-state index in [4.69, 9.17) is 0 Å². The molecule has 1 unspecified atom stereocenters. The first-order valence-corrected chi connectivity index (χ1v) is 7.54. The van der Waals surface area contributed by atoms with E-state index in [-0.39, 0.29) is 23.2 Å². The van der Waals surface area contributed by atoms with Gasteiger partial charge in [-0.3, -0.25) is 9.59 Å². The molecule has 1 N–H and O–H groups in total. The number of likely N-dealkylation sites (tertiary alicyclic amines) is 1. The Labute approximate surface area is 122 Å². The van der Waals surface area contributed by atoms with Crippen LogP contribution in [0.2, 0.25) is 0 Å². The lowest BCUT2D eigenvalue weighted by atomic mass is 9.87. The minimum absolute atomic E-state index is 0.0998. The summed E-state index contributed by atoms with van der Waals surface area (Å²) in [5.74, 6) is -0.224. The third kappa shape index (κ3) is 3.43. The highest BCUT2D eigenvalue weighted by molar-refractivity contribution is 7.15. The Kier molecular flexibility index (Phi) is 4.25. The van der Waals surface area contributed by atoms with Gasteiger partial charge in [-0.05, 0) is 18.3 Å². The number of rotatable bonds is 2. The predicted molar refractivity (Wildman–Crippen MR) is 77.0 cm³/mol. The smallest absolute Gasteiger partial charge is 0.265 e. The number of hydrogen-bond acceptors (Lipinski definition) is 5. The molecule has 2 heterocycles. The number of ketones is 1. The second-order valence-electron chi connectivity index (χ2n) is 6.12. The van der Waals surface area contributed by atoms with E-state index in [1.807, 2.05) is 0 Å². The van der Waals surface area contributed by atoms with Gasteiger partial charge in [-0.1, -0.05) is 13.8 Å². The summed E-state index contributed by atoms with van der Waals surface area (Å²) in [6.07, 6.45) is 2.39. The molecule has 0 saturated carbocycles. The van der Waals surface area contributed by atoms with Crippen molar-refractivity contribution in [2.75, 3.05) is 13.1 Å². The van der Waals surface area contributed by atoms with Crippen LogP contribution in [0.4, 0.5) is 0 Å². The lowest BCUT2D eigenvalue weighted by molar-refractivity contribution is 0.0709. The lowest BCUT2D eigenvalue weighted by Gasteiger charge is -2.29. The van der Waals surface area contributed by atoms with Gasteiger partial charge in [-0.25, -0.2) is 4.98 Å². The first kappa shape index (κ1) is 15.1. The van der Waals surface area contributed by atoms with Gasteiger partial charge >= 0.3 is 0 Å². The SMILES string of the molecule is CC(=O)c1ncc(C(=O)N2CCC(O)CC(C)(C)C2)s1. The van der Waals surface area contributed by atoms with Crippen LogP contribution in [-0.4, -0.2) is 45.9 Å². The summed E-state index contributed by atoms with van der Waals surface area (Å²) in [5, 5.41) is 10.2. The van der Waals surface area contributed by atoms with Crippen molar-refractivity contribution in [1.29, 1.82) is 0 Å². The van der Waals surface area contributed by atoms with Gasteiger partial charge in [-0.15, -0.1) is 11.3 Å². The number of nitrogens with zero attached hydrogens (tertiary/aromatic N) is 2. The average molecular weight is 296 g/mol. The molecule has 1 fully saturated rings. The number of amides is 1. The minimum atomic E-state index is -0.364. The Bertz CT molecular complexity index is 524. The molecule has 2 rings (SSSR count). The highest BCUT2D eigenvalue weighted by Gasteiger charge is 2.32. The molecular formula is C14H20N2O3S. The van der Waals surface area contributed by atoms with Gasteiger partial charge < -0.3 is 10.0 Å². The van der Waals surface area contributed by atoms with Gasteiger partial charge in [0, 0.05) is 20.0 Å². The molecule has 1 saturated heterocycles. The molecule has 20 heavy (non-hydrogen) atoms. The van der Waals surface area contributed by atoms with E-state index in [0.29, 0.717) is 35.8 Å². The molecule has 1 aliphatic heterocycles. The quantitative estimate of drug-likeness (QED) is 0.847. The van der Waals surface area contributed by atoms with Gasteiger partial charge in [0.1, 0.15) is 4.88 Å². The summed E-state index contributed by atoms with van der Waals surface area (Å²) < 4.78 is 0. The van der Waals surface area contributed by atoms with E-state index in [2.05, 4.69) is 18.8 Å². The highest BCUT2D eigenvalue weighted by Crippen LogP contribution is 2.29. The number of aliphatic hydroxyl groups excluding tert-OH is 1. The Morgan fingerprint density at radius 1 is 1.50 bits per heavy atom. The van der Waals surface area contributed by atoms with Crippen molar-refractivity contribution in [1.82, 2.24) is 9.88 Å². The van der Waals surface area contributed by atoms with Crippen molar-refractivity contribution in [2.24, 2.45) is 5.41 Å². The van der Waals surface area contributed by atoms with Crippen LogP contribution in [0.15, 0.2) is 6.20 Å². The molecule has 0 spiro atoms. The van der Waals surface area contributed by atoms with E-state index in [9.17, 15) is 14.7 Å². The number of aliphatic hydroxyl groups is 1. The van der Waals surface area contributed by atoms with Crippen molar-refractivity contribution < 1.29 is 14.7 Å². The van der Waals surface area contributed by atoms with Crippen LogP contribution in [0.25, 0.3) is 0 Å². The molecule has 0 aliphatic carbocycles. The van der Waals surface area contributed by atoms with Crippen LogP contribution in [-0.2, 0) is 0 Å². The summed E-state index contributed by atoms with van der Waals surface area (Å²) in [7, 11) is 0. The topological polar surface area (TPSA) is 70.5 Å². The van der Waals surface area contributed by atoms with Gasteiger partial charge in [0.15, 0.2) is 10.8 Å². The standard InChI is InChI=1S/C14H20N2O3S/c1-9(17)12-15-7-11(20-12)13(19)16-5-4-10(18)6-14(2,3)8-16/h7,10,18H,4-6,8H2,1-3H3. The predicted octanol–water partition coefficient (Wildman–Crippen LogP) is 1.97. The van der Waals surface area contributed by atoms with Crippen molar-refractivity contribution in [3.05, 3.63) is 16.1 Å². The first-order valence-electron chi connectivity index (χ1n) is 6.72. The fourth-order valence-corrected chi connectivity index (χ4v) is 3.35. The van der Waals surface area contributed by atoms with Crippen molar-refractivity contribution in [3.63, 3.8) is 0 Å². The number of aromatic nitrogens is 1. The molecule has 1 atom stereocenters. The normalized spacial score (nSPS) is 22.4. The van der Waals surface area contributed by atoms with Crippen molar-refractivity contribution in [3.8, 4) is 0 Å². The van der Waals surface area contributed by atoms with Crippen molar-refractivity contribution in [2.45, 2.75) is 39.7 Å². The maximum absolute atomic E-state index is 12.5. The number of carbonyl (C=O) groups is 2. The zero-order valence-electron chi connectivity index (χ0n) is 12.0. The number of hydrogen-bond donors (Lipinski definition) is 1. The molecule has 0 bridgehead atoms. The second-order valence-corrected chi connectivity index (χ2v) is 7.15. The van der Waals surface area contributed by atoms with Crippen LogP contribution < -0.4 is 0 Å². The minimum Gasteiger partial charge on any atom is -0.393 e. The van der Waals surface area contributed by atoms with Gasteiger partial charge in [0.05, 0.1) is 12.3 Å². The summed E-state index contributed by atoms with van der Waals surface area (Å²) in [6.45, 7) is 6.69. The molecule has 1 aromatic heterocycles. The van der Waals surface area contributed by atoms with E-state index in [1.54, 1.807) is 4.90 Å². The summed E-state index contributed by atoms with van der Waals surface area (Å²) >= 11 is 1.14. The maximum Gasteiger partial charge on any atom is 0.265 e. The number of carbonyl (C=O) groups excluding carboxylic acids is 2. The van der Waals surface area contributed by atoms with Crippen molar-refractivity contribution >= 4 is 23.0 Å². The Morgan fingerprint density at radius 3 is 2.80 bits per heavy atom. The second kappa shape index (κ2) is 5.61. The molecule has 6 heteroatoms. The van der Waals surface area contributed by atoms with E-state index in [1.165, 1.54) is 13.1 Å². The van der Waals surface area contributed by atoms with Crippen LogP contribution >= 0.6 is 11.3 Å². The largest absolute Gasteiger partial charge is 0.393 e. The molecule has 0 radical (unpaired) electrons. The van der Waals surface area contributed by atoms with E-state index in [0.717, 1.165) is 11.3 Å². The summed E-state index contributed by atoms with van der Waals surface area (Å²) in [4.78, 5) is 30.0. The zero-order valence-corrected chi connectivity index (χ0v) is 12.9. The Morgan fingerprint density at radius 2 is 2.20 bits per heavy atom. The van der Waals surface area contributed by atoms with Gasteiger partial charge in [0.2, 0.25) is 0 Å². The summed E-state index contributed by atoms with van der Waals surface area (Å²) in [5.41, 5.74) is -0.111. The van der Waals surface area contributed by atoms with Crippen LogP contribution in [0.1, 0.15) is 53.1 Å². The Hall–Kier alpha value is -1.27. The molecule has 1 aliphatic rings. The number of Topliss-reactive ketones (excluding diaryl/α,β-unsaturated/α-hetero) is 1. The average Bonchev–Trinajstić information content (AvgIpc) is 2.77. The number of thiazole rings is 1. The molecule has 0 aromatic carbocycles. The molecule has 1 amide bonds. The Balaban J connectivity index is 2.16. The third-order valence-corrected chi connectivity index (χ3v) is 4.53. The monoisotopic (exact) mass is 296 g/mol. The first-order chi connectivity index (χ1) is 9.28. The van der Waals surface area contributed by atoms with Crippen LogP contribution in [0.5, 0.6) is 0 Å². The molecule has 1 aromatic rings.